The molecular formula is C11H15N3O2S. The average Bonchev–Trinajstić information content (AvgIpc) is 2.77. The van der Waals surface area contributed by atoms with Gasteiger partial charge in [0.05, 0.1) is 0 Å². The highest BCUT2D eigenvalue weighted by molar-refractivity contribution is 7.14. The summed E-state index contributed by atoms with van der Waals surface area (Å²) in [5, 5.41) is 5.35. The summed E-state index contributed by atoms with van der Waals surface area (Å²) in [5.41, 5.74) is 0.478. The van der Waals surface area contributed by atoms with Gasteiger partial charge < -0.3 is 10.2 Å². The molecule has 1 unspecified atom stereocenters. The first kappa shape index (κ1) is 12.0. The second-order valence-corrected chi connectivity index (χ2v) is 4.82. The third-order valence-corrected chi connectivity index (χ3v) is 3.69. The van der Waals surface area contributed by atoms with E-state index in [9.17, 15) is 9.59 Å². The first-order valence-corrected chi connectivity index (χ1v) is 6.52. The number of carbonyl (C=O) groups excluding carboxylic acids is 2. The molecule has 0 bridgehead atoms. The van der Waals surface area contributed by atoms with E-state index < -0.39 is 0 Å². The van der Waals surface area contributed by atoms with E-state index in [1.54, 1.807) is 5.38 Å². The topological polar surface area (TPSA) is 62.3 Å². The fourth-order valence-corrected chi connectivity index (χ4v) is 2.85. The third-order valence-electron chi connectivity index (χ3n) is 2.82. The van der Waals surface area contributed by atoms with Crippen molar-refractivity contribution in [1.82, 2.24) is 10.3 Å². The van der Waals surface area contributed by atoms with Gasteiger partial charge in [-0.3, -0.25) is 9.59 Å². The van der Waals surface area contributed by atoms with Gasteiger partial charge in [0.15, 0.2) is 10.9 Å². The van der Waals surface area contributed by atoms with Crippen molar-refractivity contribution >= 4 is 28.2 Å². The van der Waals surface area contributed by atoms with E-state index >= 15 is 0 Å². The van der Waals surface area contributed by atoms with Crippen LogP contribution in [-0.2, 0) is 4.79 Å². The van der Waals surface area contributed by atoms with Crippen LogP contribution in [-0.4, -0.2) is 35.8 Å². The van der Waals surface area contributed by atoms with Gasteiger partial charge in [-0.25, -0.2) is 4.98 Å². The Kier molecular flexibility index (Phi) is 3.42. The van der Waals surface area contributed by atoms with Crippen molar-refractivity contribution in [3.8, 4) is 0 Å². The zero-order valence-corrected chi connectivity index (χ0v) is 10.7. The van der Waals surface area contributed by atoms with E-state index in [0.717, 1.165) is 18.1 Å². The number of piperazine rings is 1. The van der Waals surface area contributed by atoms with Crippen molar-refractivity contribution in [2.45, 2.75) is 26.3 Å². The Balaban J connectivity index is 2.24. The molecule has 0 aliphatic carbocycles. The van der Waals surface area contributed by atoms with E-state index in [4.69, 9.17) is 0 Å². The Labute approximate surface area is 104 Å². The van der Waals surface area contributed by atoms with Gasteiger partial charge in [0.25, 0.3) is 0 Å². The predicted octanol–water partition coefficient (Wildman–Crippen LogP) is 1.06. The molecule has 0 spiro atoms. The van der Waals surface area contributed by atoms with Crippen molar-refractivity contribution in [2.24, 2.45) is 0 Å². The fourth-order valence-electron chi connectivity index (χ4n) is 1.91. The summed E-state index contributed by atoms with van der Waals surface area (Å²) < 4.78 is 0. The highest BCUT2D eigenvalue weighted by Crippen LogP contribution is 2.24. The number of aromatic nitrogens is 1. The third kappa shape index (κ3) is 2.31. The lowest BCUT2D eigenvalue weighted by atomic mass is 10.1. The highest BCUT2D eigenvalue weighted by atomic mass is 32.1. The molecule has 1 fully saturated rings. The van der Waals surface area contributed by atoms with E-state index in [-0.39, 0.29) is 17.7 Å². The van der Waals surface area contributed by atoms with Gasteiger partial charge in [-0.1, -0.05) is 6.92 Å². The van der Waals surface area contributed by atoms with E-state index in [0.29, 0.717) is 12.2 Å². The van der Waals surface area contributed by atoms with Crippen LogP contribution in [0.5, 0.6) is 0 Å². The standard InChI is InChI=1S/C11H15N3O2S/c1-3-9-10(16)12-4-5-14(9)11-13-8(6-17-11)7(2)15/h6,9H,3-5H2,1-2H3,(H,12,16). The molecule has 0 aromatic carbocycles. The maximum absolute atomic E-state index is 11.7. The largest absolute Gasteiger partial charge is 0.353 e. The molecule has 0 saturated carbocycles. The minimum Gasteiger partial charge on any atom is -0.353 e. The average molecular weight is 253 g/mol. The fraction of sp³-hybridized carbons (Fsp3) is 0.545. The molecule has 1 aliphatic heterocycles. The molecule has 1 aromatic heterocycles. The number of thiazole rings is 1. The molecule has 6 heteroatoms. The number of amides is 1. The van der Waals surface area contributed by atoms with Crippen LogP contribution in [0.15, 0.2) is 5.38 Å². The second kappa shape index (κ2) is 4.83. The number of hydrogen-bond donors (Lipinski definition) is 1. The summed E-state index contributed by atoms with van der Waals surface area (Å²) in [6.45, 7) is 4.85. The molecule has 1 N–H and O–H groups in total. The Morgan fingerprint density at radius 2 is 2.47 bits per heavy atom. The van der Waals surface area contributed by atoms with Crippen LogP contribution in [0.1, 0.15) is 30.8 Å². The molecular weight excluding hydrogens is 238 g/mol. The Morgan fingerprint density at radius 1 is 1.71 bits per heavy atom. The lowest BCUT2D eigenvalue weighted by molar-refractivity contribution is -0.123. The highest BCUT2D eigenvalue weighted by Gasteiger charge is 2.30. The van der Waals surface area contributed by atoms with Crippen LogP contribution >= 0.6 is 11.3 Å². The lowest BCUT2D eigenvalue weighted by Crippen LogP contribution is -2.55. The minimum absolute atomic E-state index is 0.0398. The van der Waals surface area contributed by atoms with Crippen LogP contribution in [0.3, 0.4) is 0 Å². The van der Waals surface area contributed by atoms with Gasteiger partial charge in [0, 0.05) is 25.4 Å². The Bertz CT molecular complexity index is 444. The number of nitrogens with zero attached hydrogens (tertiary/aromatic N) is 2. The van der Waals surface area contributed by atoms with Crippen LogP contribution in [0, 0.1) is 0 Å². The summed E-state index contributed by atoms with van der Waals surface area (Å²) in [5.74, 6) is 0.000310. The molecule has 92 valence electrons. The Hall–Kier alpha value is -1.43. The number of hydrogen-bond acceptors (Lipinski definition) is 5. The second-order valence-electron chi connectivity index (χ2n) is 3.98. The number of carbonyl (C=O) groups is 2. The number of Topliss-reactive ketones (excluding diaryl/α,β-unsaturated/α-hetero) is 1. The zero-order chi connectivity index (χ0) is 12.4. The first-order chi connectivity index (χ1) is 8.13. The van der Waals surface area contributed by atoms with Gasteiger partial charge in [-0.15, -0.1) is 11.3 Å². The normalized spacial score (nSPS) is 20.2. The maximum Gasteiger partial charge on any atom is 0.242 e. The number of anilines is 1. The van der Waals surface area contributed by atoms with Crippen LogP contribution in [0.2, 0.25) is 0 Å². The van der Waals surface area contributed by atoms with Crippen molar-refractivity contribution < 1.29 is 9.59 Å². The maximum atomic E-state index is 11.7. The van der Waals surface area contributed by atoms with Crippen molar-refractivity contribution in [3.63, 3.8) is 0 Å². The molecule has 0 radical (unpaired) electrons. The van der Waals surface area contributed by atoms with Gasteiger partial charge >= 0.3 is 0 Å². The number of ketones is 1. The number of rotatable bonds is 3. The van der Waals surface area contributed by atoms with Crippen LogP contribution in [0.4, 0.5) is 5.13 Å². The smallest absolute Gasteiger partial charge is 0.242 e. The molecule has 1 amide bonds. The SMILES string of the molecule is CCC1C(=O)NCCN1c1nc(C(C)=O)cs1. The summed E-state index contributed by atoms with van der Waals surface area (Å²) in [6, 6.07) is -0.172. The minimum atomic E-state index is -0.172. The van der Waals surface area contributed by atoms with Crippen LogP contribution in [0.25, 0.3) is 0 Å². The summed E-state index contributed by atoms with van der Waals surface area (Å²) in [7, 11) is 0. The molecule has 5 nitrogen and oxygen atoms in total. The van der Waals surface area contributed by atoms with Gasteiger partial charge in [0.1, 0.15) is 11.7 Å². The van der Waals surface area contributed by atoms with Gasteiger partial charge in [-0.05, 0) is 6.42 Å². The van der Waals surface area contributed by atoms with Crippen molar-refractivity contribution in [1.29, 1.82) is 0 Å². The van der Waals surface area contributed by atoms with E-state index in [1.165, 1.54) is 18.3 Å². The molecule has 2 heterocycles. The van der Waals surface area contributed by atoms with Gasteiger partial charge in [-0.2, -0.15) is 0 Å². The molecule has 1 aliphatic rings. The summed E-state index contributed by atoms with van der Waals surface area (Å²) in [4.78, 5) is 29.2. The van der Waals surface area contributed by atoms with E-state index in [2.05, 4.69) is 10.3 Å². The zero-order valence-electron chi connectivity index (χ0n) is 9.90. The monoisotopic (exact) mass is 253 g/mol. The molecule has 2 rings (SSSR count). The molecule has 1 atom stereocenters. The predicted molar refractivity (Wildman–Crippen MR) is 66.6 cm³/mol. The molecule has 17 heavy (non-hydrogen) atoms. The summed E-state index contributed by atoms with van der Waals surface area (Å²) in [6.07, 6.45) is 0.737. The summed E-state index contributed by atoms with van der Waals surface area (Å²) >= 11 is 1.42. The van der Waals surface area contributed by atoms with Gasteiger partial charge in [0.2, 0.25) is 5.91 Å². The first-order valence-electron chi connectivity index (χ1n) is 5.64. The van der Waals surface area contributed by atoms with Crippen LogP contribution < -0.4 is 10.2 Å². The quantitative estimate of drug-likeness (QED) is 0.818. The number of nitrogens with one attached hydrogen (secondary N) is 1. The molecule has 1 aromatic rings. The molecule has 1 saturated heterocycles. The lowest BCUT2D eigenvalue weighted by Gasteiger charge is -2.34. The van der Waals surface area contributed by atoms with Crippen molar-refractivity contribution in [3.05, 3.63) is 11.1 Å². The van der Waals surface area contributed by atoms with E-state index in [1.807, 2.05) is 11.8 Å². The Morgan fingerprint density at radius 3 is 3.06 bits per heavy atom. The van der Waals surface area contributed by atoms with Crippen molar-refractivity contribution in [2.75, 3.05) is 18.0 Å².